The van der Waals surface area contributed by atoms with Crippen molar-refractivity contribution in [3.05, 3.63) is 59.2 Å². The largest absolute Gasteiger partial charge is 0.396 e. The number of hydrogen-bond acceptors (Lipinski definition) is 7. The van der Waals surface area contributed by atoms with Gasteiger partial charge in [0.25, 0.3) is 0 Å². The van der Waals surface area contributed by atoms with Gasteiger partial charge in [0.15, 0.2) is 5.13 Å². The molecule has 3 heterocycles. The highest BCUT2D eigenvalue weighted by Crippen LogP contribution is 2.38. The smallest absolute Gasteiger partial charge is 0.188 e. The van der Waals surface area contributed by atoms with Crippen molar-refractivity contribution >= 4 is 46.5 Å². The van der Waals surface area contributed by atoms with Gasteiger partial charge in [-0.3, -0.25) is 0 Å². The first-order chi connectivity index (χ1) is 13.7. The van der Waals surface area contributed by atoms with E-state index in [4.69, 9.17) is 9.72 Å². The van der Waals surface area contributed by atoms with Gasteiger partial charge in [-0.1, -0.05) is 30.0 Å². The first-order valence-corrected chi connectivity index (χ1v) is 11.1. The predicted octanol–water partition coefficient (Wildman–Crippen LogP) is 5.62. The standard InChI is InChI=1S/C21H23N3O2S2.ClH/c1-14-13-27-21(23-14)24-20-18(19-9-15(12-25)7-8-26-19)10-17(11-22-20)28-16-5-3-2-4-6-16;/h2-6,10-11,13,15,19,25H,7-9,12H2,1H3,(H,22,23,24);1H. The number of rotatable bonds is 6. The summed E-state index contributed by atoms with van der Waals surface area (Å²) in [6, 6.07) is 12.4. The quantitative estimate of drug-likeness (QED) is 0.508. The molecule has 1 fully saturated rings. The van der Waals surface area contributed by atoms with Crippen LogP contribution in [-0.4, -0.2) is 28.3 Å². The summed E-state index contributed by atoms with van der Waals surface area (Å²) in [6.45, 7) is 2.83. The number of aliphatic hydroxyl groups excluding tert-OH is 1. The van der Waals surface area contributed by atoms with E-state index >= 15 is 0 Å². The first-order valence-electron chi connectivity index (χ1n) is 9.35. The minimum Gasteiger partial charge on any atom is -0.396 e. The van der Waals surface area contributed by atoms with Crippen molar-refractivity contribution in [2.45, 2.75) is 35.7 Å². The summed E-state index contributed by atoms with van der Waals surface area (Å²) in [5.41, 5.74) is 2.01. The predicted molar refractivity (Wildman–Crippen MR) is 121 cm³/mol. The molecule has 1 aliphatic heterocycles. The lowest BCUT2D eigenvalue weighted by Gasteiger charge is -2.29. The SMILES string of the molecule is Cc1csc(Nc2ncc(Sc3ccccc3)cc2C2CC(CO)CCO2)n1.Cl. The third-order valence-corrected chi connectivity index (χ3v) is 6.56. The van der Waals surface area contributed by atoms with Gasteiger partial charge in [-0.25, -0.2) is 9.97 Å². The molecule has 2 aromatic heterocycles. The molecule has 1 saturated heterocycles. The Labute approximate surface area is 185 Å². The van der Waals surface area contributed by atoms with E-state index in [0.717, 1.165) is 39.9 Å². The molecule has 0 amide bonds. The van der Waals surface area contributed by atoms with Crippen LogP contribution in [0.3, 0.4) is 0 Å². The van der Waals surface area contributed by atoms with Crippen LogP contribution < -0.4 is 5.32 Å². The molecule has 2 atom stereocenters. The molecule has 0 spiro atoms. The van der Waals surface area contributed by atoms with Gasteiger partial charge in [0.2, 0.25) is 0 Å². The second-order valence-electron chi connectivity index (χ2n) is 6.88. The van der Waals surface area contributed by atoms with Gasteiger partial charge in [-0.2, -0.15) is 0 Å². The normalized spacial score (nSPS) is 18.8. The van der Waals surface area contributed by atoms with Crippen molar-refractivity contribution in [3.63, 3.8) is 0 Å². The fraction of sp³-hybridized carbons (Fsp3) is 0.333. The Kier molecular flexibility index (Phi) is 7.91. The van der Waals surface area contributed by atoms with Crippen molar-refractivity contribution in [3.8, 4) is 0 Å². The van der Waals surface area contributed by atoms with Crippen molar-refractivity contribution < 1.29 is 9.84 Å². The van der Waals surface area contributed by atoms with Gasteiger partial charge < -0.3 is 15.2 Å². The second-order valence-corrected chi connectivity index (χ2v) is 8.88. The third kappa shape index (κ3) is 5.71. The maximum Gasteiger partial charge on any atom is 0.188 e. The maximum atomic E-state index is 9.61. The summed E-state index contributed by atoms with van der Waals surface area (Å²) in [6.07, 6.45) is 3.49. The zero-order valence-corrected chi connectivity index (χ0v) is 18.5. The molecule has 154 valence electrons. The molecule has 4 rings (SSSR count). The molecule has 2 unspecified atom stereocenters. The zero-order chi connectivity index (χ0) is 19.3. The highest BCUT2D eigenvalue weighted by atomic mass is 35.5. The summed E-state index contributed by atoms with van der Waals surface area (Å²) in [7, 11) is 0. The fourth-order valence-corrected chi connectivity index (χ4v) is 4.80. The highest BCUT2D eigenvalue weighted by molar-refractivity contribution is 7.99. The summed E-state index contributed by atoms with van der Waals surface area (Å²) in [5, 5.41) is 15.8. The Bertz CT molecular complexity index is 923. The van der Waals surface area contributed by atoms with E-state index in [1.54, 1.807) is 23.1 Å². The number of aryl methyl sites for hydroxylation is 1. The summed E-state index contributed by atoms with van der Waals surface area (Å²) < 4.78 is 6.07. The number of anilines is 2. The van der Waals surface area contributed by atoms with Crippen molar-refractivity contribution in [1.29, 1.82) is 0 Å². The van der Waals surface area contributed by atoms with Gasteiger partial charge in [0, 0.05) is 40.1 Å². The zero-order valence-electron chi connectivity index (χ0n) is 16.1. The molecule has 1 aromatic carbocycles. The molecule has 0 saturated carbocycles. The number of aliphatic hydroxyl groups is 1. The topological polar surface area (TPSA) is 67.3 Å². The molecule has 3 aromatic rings. The Morgan fingerprint density at radius 1 is 1.28 bits per heavy atom. The summed E-state index contributed by atoms with van der Waals surface area (Å²) in [5.74, 6) is 1.04. The van der Waals surface area contributed by atoms with Crippen LogP contribution in [0.15, 0.2) is 57.8 Å². The van der Waals surface area contributed by atoms with Crippen LogP contribution in [0.2, 0.25) is 0 Å². The third-order valence-electron chi connectivity index (χ3n) is 4.71. The monoisotopic (exact) mass is 449 g/mol. The minimum absolute atomic E-state index is 0. The lowest BCUT2D eigenvalue weighted by Crippen LogP contribution is -2.23. The van der Waals surface area contributed by atoms with Crippen LogP contribution in [0.5, 0.6) is 0 Å². The van der Waals surface area contributed by atoms with Crippen molar-refractivity contribution in [2.24, 2.45) is 5.92 Å². The van der Waals surface area contributed by atoms with Gasteiger partial charge in [0.1, 0.15) is 5.82 Å². The van der Waals surface area contributed by atoms with Gasteiger partial charge in [-0.05, 0) is 43.9 Å². The molecule has 29 heavy (non-hydrogen) atoms. The number of halogens is 1. The number of thiazole rings is 1. The molecule has 5 nitrogen and oxygen atoms in total. The van der Waals surface area contributed by atoms with Crippen LogP contribution in [0.1, 0.15) is 30.2 Å². The lowest BCUT2D eigenvalue weighted by atomic mass is 9.93. The number of aromatic nitrogens is 2. The number of ether oxygens (including phenoxy) is 1. The molecular formula is C21H24ClN3O2S2. The Morgan fingerprint density at radius 2 is 2.10 bits per heavy atom. The van der Waals surface area contributed by atoms with E-state index in [1.165, 1.54) is 4.90 Å². The number of hydrogen-bond donors (Lipinski definition) is 2. The van der Waals surface area contributed by atoms with Crippen LogP contribution in [0.4, 0.5) is 10.9 Å². The van der Waals surface area contributed by atoms with Crippen LogP contribution in [0.25, 0.3) is 0 Å². The molecular weight excluding hydrogens is 426 g/mol. The summed E-state index contributed by atoms with van der Waals surface area (Å²) >= 11 is 3.25. The average molecular weight is 450 g/mol. The molecule has 2 N–H and O–H groups in total. The van der Waals surface area contributed by atoms with Gasteiger partial charge in [0.05, 0.1) is 11.8 Å². The van der Waals surface area contributed by atoms with Crippen molar-refractivity contribution in [2.75, 3.05) is 18.5 Å². The highest BCUT2D eigenvalue weighted by Gasteiger charge is 2.26. The first kappa shape index (κ1) is 22.1. The molecule has 0 aliphatic carbocycles. The number of pyridine rings is 1. The van der Waals surface area contributed by atoms with E-state index in [1.807, 2.05) is 36.7 Å². The Morgan fingerprint density at radius 3 is 2.83 bits per heavy atom. The Balaban J connectivity index is 0.00000240. The van der Waals surface area contributed by atoms with E-state index in [-0.39, 0.29) is 31.0 Å². The van der Waals surface area contributed by atoms with Crippen molar-refractivity contribution in [1.82, 2.24) is 9.97 Å². The van der Waals surface area contributed by atoms with E-state index < -0.39 is 0 Å². The van der Waals surface area contributed by atoms with Crippen LogP contribution in [0, 0.1) is 12.8 Å². The second kappa shape index (κ2) is 10.4. The molecule has 1 aliphatic rings. The van der Waals surface area contributed by atoms with E-state index in [2.05, 4.69) is 28.5 Å². The number of benzene rings is 1. The van der Waals surface area contributed by atoms with E-state index in [0.29, 0.717) is 6.61 Å². The fourth-order valence-electron chi connectivity index (χ4n) is 3.25. The van der Waals surface area contributed by atoms with Gasteiger partial charge in [-0.15, -0.1) is 23.7 Å². The molecule has 0 bridgehead atoms. The Hall–Kier alpha value is -1.64. The molecule has 0 radical (unpaired) electrons. The van der Waals surface area contributed by atoms with E-state index in [9.17, 15) is 5.11 Å². The number of nitrogens with zero attached hydrogens (tertiary/aromatic N) is 2. The molecule has 8 heteroatoms. The lowest BCUT2D eigenvalue weighted by molar-refractivity contribution is -0.0224. The van der Waals surface area contributed by atoms with Gasteiger partial charge >= 0.3 is 0 Å². The maximum absolute atomic E-state index is 9.61. The van der Waals surface area contributed by atoms with Crippen LogP contribution >= 0.6 is 35.5 Å². The average Bonchev–Trinajstić information content (AvgIpc) is 3.14. The summed E-state index contributed by atoms with van der Waals surface area (Å²) in [4.78, 5) is 11.4. The minimum atomic E-state index is -0.0849. The van der Waals surface area contributed by atoms with Crippen LogP contribution in [-0.2, 0) is 4.74 Å². The number of nitrogens with one attached hydrogen (secondary N) is 1.